The quantitative estimate of drug-likeness (QED) is 0.884. The molecule has 0 aliphatic rings. The summed E-state index contributed by atoms with van der Waals surface area (Å²) in [5, 5.41) is 3.59. The molecule has 0 saturated heterocycles. The lowest BCUT2D eigenvalue weighted by molar-refractivity contribution is -0.121. The number of aromatic nitrogens is 2. The number of carbonyl (C=O) groups is 1. The van der Waals surface area contributed by atoms with Crippen molar-refractivity contribution in [2.45, 2.75) is 50.4 Å². The molecule has 5 heteroatoms. The number of nitrogens with zero attached hydrogens (tertiary/aromatic N) is 2. The first-order chi connectivity index (χ1) is 9.76. The fourth-order valence-corrected chi connectivity index (χ4v) is 2.74. The van der Waals surface area contributed by atoms with Crippen LogP contribution in [0.1, 0.15) is 33.4 Å². The third-order valence-electron chi connectivity index (χ3n) is 2.86. The van der Waals surface area contributed by atoms with Crippen molar-refractivity contribution in [3.8, 4) is 0 Å². The number of hydrogen-bond acceptors (Lipinski definition) is 4. The minimum Gasteiger partial charge on any atom is -0.351 e. The molecule has 0 fully saturated rings. The summed E-state index contributed by atoms with van der Waals surface area (Å²) in [5.41, 5.74) is 2.37. The van der Waals surface area contributed by atoms with Crippen LogP contribution in [0.15, 0.2) is 29.3 Å². The standard InChI is InChI=1S/C16H21N3OS/c1-10-15(18-13-9-7-6-8-12(13)17-10)21-11(2)14(20)19-16(3,4)5/h6-9,11H,1-5H3,(H,19,20). The van der Waals surface area contributed by atoms with Crippen molar-refractivity contribution >= 4 is 28.7 Å². The van der Waals surface area contributed by atoms with Gasteiger partial charge in [0, 0.05) is 5.54 Å². The largest absolute Gasteiger partial charge is 0.351 e. The van der Waals surface area contributed by atoms with E-state index in [2.05, 4.69) is 15.3 Å². The Morgan fingerprint density at radius 3 is 2.33 bits per heavy atom. The van der Waals surface area contributed by atoms with Crippen LogP contribution in [0.4, 0.5) is 0 Å². The Morgan fingerprint density at radius 1 is 1.19 bits per heavy atom. The minimum absolute atomic E-state index is 0.0156. The van der Waals surface area contributed by atoms with Gasteiger partial charge in [0.1, 0.15) is 5.03 Å². The maximum atomic E-state index is 12.2. The van der Waals surface area contributed by atoms with E-state index < -0.39 is 0 Å². The van der Waals surface area contributed by atoms with Crippen LogP contribution in [-0.2, 0) is 4.79 Å². The Bertz CT molecular complexity index is 664. The zero-order chi connectivity index (χ0) is 15.6. The molecule has 0 saturated carbocycles. The number of benzene rings is 1. The van der Waals surface area contributed by atoms with E-state index in [4.69, 9.17) is 0 Å². The lowest BCUT2D eigenvalue weighted by atomic mass is 10.1. The smallest absolute Gasteiger partial charge is 0.233 e. The molecular weight excluding hydrogens is 282 g/mol. The Balaban J connectivity index is 2.19. The lowest BCUT2D eigenvalue weighted by Crippen LogP contribution is -2.44. The molecule has 0 spiro atoms. The van der Waals surface area contributed by atoms with Crippen LogP contribution in [-0.4, -0.2) is 26.7 Å². The van der Waals surface area contributed by atoms with Gasteiger partial charge < -0.3 is 5.32 Å². The van der Waals surface area contributed by atoms with Crippen molar-refractivity contribution in [1.82, 2.24) is 15.3 Å². The summed E-state index contributed by atoms with van der Waals surface area (Å²) in [7, 11) is 0. The number of thioether (sulfide) groups is 1. The highest BCUT2D eigenvalue weighted by molar-refractivity contribution is 8.00. The second kappa shape index (κ2) is 6.02. The number of rotatable bonds is 3. The van der Waals surface area contributed by atoms with Crippen LogP contribution in [0.3, 0.4) is 0 Å². The van der Waals surface area contributed by atoms with E-state index in [1.807, 2.05) is 58.9 Å². The van der Waals surface area contributed by atoms with Crippen molar-refractivity contribution in [3.63, 3.8) is 0 Å². The van der Waals surface area contributed by atoms with Gasteiger partial charge in [-0.3, -0.25) is 4.79 Å². The molecule has 0 radical (unpaired) electrons. The molecule has 4 nitrogen and oxygen atoms in total. The van der Waals surface area contributed by atoms with Gasteiger partial charge in [0.15, 0.2) is 0 Å². The molecule has 2 rings (SSSR count). The Morgan fingerprint density at radius 2 is 1.76 bits per heavy atom. The van der Waals surface area contributed by atoms with Gasteiger partial charge in [-0.1, -0.05) is 23.9 Å². The number of carbonyl (C=O) groups excluding carboxylic acids is 1. The predicted octanol–water partition coefficient (Wildman–Crippen LogP) is 3.33. The van der Waals surface area contributed by atoms with E-state index in [0.29, 0.717) is 0 Å². The SMILES string of the molecule is Cc1nc2ccccc2nc1SC(C)C(=O)NC(C)(C)C. The van der Waals surface area contributed by atoms with Crippen LogP contribution < -0.4 is 5.32 Å². The van der Waals surface area contributed by atoms with Gasteiger partial charge in [0.25, 0.3) is 0 Å². The first kappa shape index (κ1) is 15.8. The fraction of sp³-hybridized carbons (Fsp3) is 0.438. The van der Waals surface area contributed by atoms with Crippen molar-refractivity contribution in [2.75, 3.05) is 0 Å². The van der Waals surface area contributed by atoms with Gasteiger partial charge in [-0.05, 0) is 46.8 Å². The number of nitrogens with one attached hydrogen (secondary N) is 1. The molecule has 112 valence electrons. The molecule has 1 amide bonds. The molecule has 0 bridgehead atoms. The maximum Gasteiger partial charge on any atom is 0.233 e. The molecule has 1 heterocycles. The van der Waals surface area contributed by atoms with Gasteiger partial charge >= 0.3 is 0 Å². The number of amides is 1. The highest BCUT2D eigenvalue weighted by Gasteiger charge is 2.21. The predicted molar refractivity (Wildman–Crippen MR) is 87.5 cm³/mol. The van der Waals surface area contributed by atoms with Crippen LogP contribution >= 0.6 is 11.8 Å². The molecule has 1 unspecified atom stereocenters. The van der Waals surface area contributed by atoms with Gasteiger partial charge in [-0.15, -0.1) is 0 Å². The number of hydrogen-bond donors (Lipinski definition) is 1. The highest BCUT2D eigenvalue weighted by Crippen LogP contribution is 2.26. The van der Waals surface area contributed by atoms with Crippen molar-refractivity contribution in [2.24, 2.45) is 0 Å². The molecule has 1 atom stereocenters. The minimum atomic E-state index is -0.226. The fourth-order valence-electron chi connectivity index (χ4n) is 1.88. The lowest BCUT2D eigenvalue weighted by Gasteiger charge is -2.23. The van der Waals surface area contributed by atoms with E-state index in [-0.39, 0.29) is 16.7 Å². The first-order valence-corrected chi connectivity index (χ1v) is 7.86. The second-order valence-electron chi connectivity index (χ2n) is 6.10. The molecular formula is C16H21N3OS. The summed E-state index contributed by atoms with van der Waals surface area (Å²) < 4.78 is 0. The molecule has 0 aliphatic carbocycles. The van der Waals surface area contributed by atoms with Crippen LogP contribution in [0.25, 0.3) is 11.0 Å². The van der Waals surface area contributed by atoms with Gasteiger partial charge in [0.05, 0.1) is 22.0 Å². The second-order valence-corrected chi connectivity index (χ2v) is 7.43. The van der Waals surface area contributed by atoms with Crippen molar-refractivity contribution in [1.29, 1.82) is 0 Å². The van der Waals surface area contributed by atoms with E-state index >= 15 is 0 Å². The number of para-hydroxylation sites is 2. The third-order valence-corrected chi connectivity index (χ3v) is 4.03. The summed E-state index contributed by atoms with van der Waals surface area (Å²) in [4.78, 5) is 21.3. The number of fused-ring (bicyclic) bond motifs is 1. The van der Waals surface area contributed by atoms with Gasteiger partial charge in [-0.25, -0.2) is 9.97 Å². The highest BCUT2D eigenvalue weighted by atomic mass is 32.2. The van der Waals surface area contributed by atoms with E-state index in [9.17, 15) is 4.79 Å². The van der Waals surface area contributed by atoms with Crippen LogP contribution in [0, 0.1) is 6.92 Å². The number of aryl methyl sites for hydroxylation is 1. The van der Waals surface area contributed by atoms with Crippen LogP contribution in [0.5, 0.6) is 0 Å². The van der Waals surface area contributed by atoms with Crippen molar-refractivity contribution in [3.05, 3.63) is 30.0 Å². The van der Waals surface area contributed by atoms with Gasteiger partial charge in [0.2, 0.25) is 5.91 Å². The van der Waals surface area contributed by atoms with Gasteiger partial charge in [-0.2, -0.15) is 0 Å². The zero-order valence-corrected chi connectivity index (χ0v) is 13.9. The Kier molecular flexibility index (Phi) is 4.52. The Labute approximate surface area is 129 Å². The Hall–Kier alpha value is -1.62. The summed E-state index contributed by atoms with van der Waals surface area (Å²) in [6.45, 7) is 9.74. The summed E-state index contributed by atoms with van der Waals surface area (Å²) in [6.07, 6.45) is 0. The summed E-state index contributed by atoms with van der Waals surface area (Å²) in [6, 6.07) is 7.77. The maximum absolute atomic E-state index is 12.2. The van der Waals surface area contributed by atoms with E-state index in [1.54, 1.807) is 0 Å². The molecule has 1 aromatic heterocycles. The van der Waals surface area contributed by atoms with E-state index in [1.165, 1.54) is 11.8 Å². The zero-order valence-electron chi connectivity index (χ0n) is 13.1. The topological polar surface area (TPSA) is 54.9 Å². The summed E-state index contributed by atoms with van der Waals surface area (Å²) in [5.74, 6) is 0.0156. The van der Waals surface area contributed by atoms with E-state index in [0.717, 1.165) is 21.8 Å². The molecule has 1 aromatic carbocycles. The monoisotopic (exact) mass is 303 g/mol. The third kappa shape index (κ3) is 4.17. The summed E-state index contributed by atoms with van der Waals surface area (Å²) >= 11 is 1.45. The molecule has 2 aromatic rings. The molecule has 21 heavy (non-hydrogen) atoms. The van der Waals surface area contributed by atoms with Crippen molar-refractivity contribution < 1.29 is 4.79 Å². The molecule has 1 N–H and O–H groups in total. The molecule has 0 aliphatic heterocycles. The average Bonchev–Trinajstić information content (AvgIpc) is 2.37. The normalized spacial score (nSPS) is 13.2. The van der Waals surface area contributed by atoms with Crippen LogP contribution in [0.2, 0.25) is 0 Å². The first-order valence-electron chi connectivity index (χ1n) is 6.98. The average molecular weight is 303 g/mol.